The molecule has 3 rings (SSSR count). The lowest BCUT2D eigenvalue weighted by molar-refractivity contribution is 0.0949. The number of hydrazone groups is 1. The molecular formula is C21H21FN4O2. The van der Waals surface area contributed by atoms with Gasteiger partial charge in [-0.15, -0.1) is 0 Å². The lowest BCUT2D eigenvalue weighted by atomic mass is 10.1. The van der Waals surface area contributed by atoms with Gasteiger partial charge < -0.3 is 0 Å². The van der Waals surface area contributed by atoms with Crippen molar-refractivity contribution in [1.29, 1.82) is 0 Å². The van der Waals surface area contributed by atoms with Crippen molar-refractivity contribution >= 4 is 22.4 Å². The third-order valence-electron chi connectivity index (χ3n) is 4.40. The first-order chi connectivity index (χ1) is 13.5. The van der Waals surface area contributed by atoms with Gasteiger partial charge in [0.1, 0.15) is 5.82 Å². The smallest absolute Gasteiger partial charge is 0.267 e. The number of hydrogen-bond acceptors (Lipinski definition) is 4. The summed E-state index contributed by atoms with van der Waals surface area (Å²) in [6.45, 7) is 4.05. The molecule has 0 saturated carbocycles. The summed E-state index contributed by atoms with van der Waals surface area (Å²) in [5.41, 5.74) is 2.93. The zero-order valence-corrected chi connectivity index (χ0v) is 15.8. The Morgan fingerprint density at radius 2 is 1.82 bits per heavy atom. The highest BCUT2D eigenvalue weighted by molar-refractivity contribution is 6.06. The SMILES string of the molecule is CCCCn1nc(C(=O)N/N=C(\C)c2ccccc2F)c2ccccc2c1=O. The van der Waals surface area contributed by atoms with Crippen LogP contribution in [-0.4, -0.2) is 21.4 Å². The van der Waals surface area contributed by atoms with Crippen molar-refractivity contribution in [2.24, 2.45) is 5.10 Å². The number of aryl methyl sites for hydroxylation is 1. The summed E-state index contributed by atoms with van der Waals surface area (Å²) in [6.07, 6.45) is 1.67. The van der Waals surface area contributed by atoms with E-state index in [0.717, 1.165) is 12.8 Å². The number of unbranched alkanes of at least 4 members (excludes halogenated alkanes) is 1. The Hall–Kier alpha value is -3.35. The Balaban J connectivity index is 1.97. The highest BCUT2D eigenvalue weighted by Gasteiger charge is 2.16. The molecule has 3 aromatic rings. The molecule has 0 unspecified atom stereocenters. The zero-order chi connectivity index (χ0) is 20.1. The number of benzene rings is 2. The van der Waals surface area contributed by atoms with Gasteiger partial charge in [-0.25, -0.2) is 14.5 Å². The number of hydrogen-bond donors (Lipinski definition) is 1. The van der Waals surface area contributed by atoms with Gasteiger partial charge in [0.15, 0.2) is 5.69 Å². The number of rotatable bonds is 6. The van der Waals surface area contributed by atoms with Crippen molar-refractivity contribution in [2.75, 3.05) is 0 Å². The molecule has 0 atom stereocenters. The maximum atomic E-state index is 13.9. The van der Waals surface area contributed by atoms with E-state index in [9.17, 15) is 14.0 Å². The standard InChI is InChI=1S/C21H21FN4O2/c1-3-4-13-26-21(28)17-11-6-5-10-16(17)19(25-26)20(27)24-23-14(2)15-9-7-8-12-18(15)22/h5-12H,3-4,13H2,1-2H3,(H,24,27)/b23-14+. The molecular weight excluding hydrogens is 359 g/mol. The highest BCUT2D eigenvalue weighted by atomic mass is 19.1. The molecule has 0 aliphatic heterocycles. The summed E-state index contributed by atoms with van der Waals surface area (Å²) in [7, 11) is 0. The highest BCUT2D eigenvalue weighted by Crippen LogP contribution is 2.14. The second-order valence-corrected chi connectivity index (χ2v) is 6.39. The molecule has 0 spiro atoms. The largest absolute Gasteiger partial charge is 0.292 e. The van der Waals surface area contributed by atoms with Gasteiger partial charge in [0.25, 0.3) is 11.5 Å². The van der Waals surface area contributed by atoms with E-state index in [1.54, 1.807) is 49.4 Å². The Bertz CT molecular complexity index is 1110. The molecule has 1 aromatic heterocycles. The number of fused-ring (bicyclic) bond motifs is 1. The first-order valence-corrected chi connectivity index (χ1v) is 9.12. The van der Waals surface area contributed by atoms with Crippen LogP contribution in [0.3, 0.4) is 0 Å². The number of amides is 1. The van der Waals surface area contributed by atoms with Crippen LogP contribution in [0.5, 0.6) is 0 Å². The lowest BCUT2D eigenvalue weighted by Crippen LogP contribution is -2.29. The zero-order valence-electron chi connectivity index (χ0n) is 15.8. The minimum Gasteiger partial charge on any atom is -0.267 e. The molecule has 1 heterocycles. The second kappa shape index (κ2) is 8.56. The van der Waals surface area contributed by atoms with E-state index in [-0.39, 0.29) is 11.3 Å². The topological polar surface area (TPSA) is 76.3 Å². The predicted molar refractivity (Wildman–Crippen MR) is 107 cm³/mol. The Labute approximate surface area is 161 Å². The van der Waals surface area contributed by atoms with E-state index < -0.39 is 11.7 Å². The van der Waals surface area contributed by atoms with Crippen molar-refractivity contribution in [2.45, 2.75) is 33.2 Å². The van der Waals surface area contributed by atoms with E-state index in [1.807, 2.05) is 6.92 Å². The molecule has 1 N–H and O–H groups in total. The molecule has 0 radical (unpaired) electrons. The van der Waals surface area contributed by atoms with Gasteiger partial charge in [0, 0.05) is 17.5 Å². The van der Waals surface area contributed by atoms with E-state index >= 15 is 0 Å². The van der Waals surface area contributed by atoms with Crippen LogP contribution in [0.2, 0.25) is 0 Å². The summed E-state index contributed by atoms with van der Waals surface area (Å²) in [5.74, 6) is -0.980. The van der Waals surface area contributed by atoms with Gasteiger partial charge in [-0.3, -0.25) is 9.59 Å². The molecule has 7 heteroatoms. The first kappa shape index (κ1) is 19.4. The van der Waals surface area contributed by atoms with Gasteiger partial charge in [-0.1, -0.05) is 49.7 Å². The van der Waals surface area contributed by atoms with E-state index in [0.29, 0.717) is 28.6 Å². The maximum absolute atomic E-state index is 13.9. The minimum absolute atomic E-state index is 0.108. The normalized spacial score (nSPS) is 11.6. The third-order valence-corrected chi connectivity index (χ3v) is 4.40. The number of halogens is 1. The molecule has 1 amide bonds. The molecule has 0 saturated heterocycles. The lowest BCUT2D eigenvalue weighted by Gasteiger charge is -2.10. The number of carbonyl (C=O) groups is 1. The third kappa shape index (κ3) is 3.98. The Morgan fingerprint density at radius 1 is 1.14 bits per heavy atom. The van der Waals surface area contributed by atoms with E-state index in [2.05, 4.69) is 15.6 Å². The van der Waals surface area contributed by atoms with Crippen molar-refractivity contribution in [1.82, 2.24) is 15.2 Å². The average molecular weight is 380 g/mol. The van der Waals surface area contributed by atoms with Crippen molar-refractivity contribution < 1.29 is 9.18 Å². The Kier molecular flexibility index (Phi) is 5.93. The molecule has 0 bridgehead atoms. The van der Waals surface area contributed by atoms with Crippen LogP contribution >= 0.6 is 0 Å². The van der Waals surface area contributed by atoms with Gasteiger partial charge in [0.2, 0.25) is 0 Å². The molecule has 0 aliphatic carbocycles. The van der Waals surface area contributed by atoms with Crippen molar-refractivity contribution in [3.8, 4) is 0 Å². The maximum Gasteiger partial charge on any atom is 0.292 e. The fourth-order valence-corrected chi connectivity index (χ4v) is 2.86. The fourth-order valence-electron chi connectivity index (χ4n) is 2.86. The summed E-state index contributed by atoms with van der Waals surface area (Å²) >= 11 is 0. The fraction of sp³-hybridized carbons (Fsp3) is 0.238. The van der Waals surface area contributed by atoms with Crippen LogP contribution in [0.4, 0.5) is 4.39 Å². The van der Waals surface area contributed by atoms with Crippen LogP contribution in [0, 0.1) is 5.82 Å². The van der Waals surface area contributed by atoms with Crippen LogP contribution in [-0.2, 0) is 6.54 Å². The van der Waals surface area contributed by atoms with Crippen LogP contribution in [0.15, 0.2) is 58.4 Å². The summed E-state index contributed by atoms with van der Waals surface area (Å²) in [6, 6.07) is 13.0. The second-order valence-electron chi connectivity index (χ2n) is 6.39. The van der Waals surface area contributed by atoms with Gasteiger partial charge in [0.05, 0.1) is 11.1 Å². The number of carbonyl (C=O) groups excluding carboxylic acids is 1. The van der Waals surface area contributed by atoms with Crippen LogP contribution < -0.4 is 11.0 Å². The number of nitrogens with one attached hydrogen (secondary N) is 1. The van der Waals surface area contributed by atoms with Crippen LogP contribution in [0.1, 0.15) is 42.7 Å². The molecule has 144 valence electrons. The molecule has 0 aliphatic rings. The number of aromatic nitrogens is 2. The van der Waals surface area contributed by atoms with Gasteiger partial charge in [-0.05, 0) is 25.5 Å². The predicted octanol–water partition coefficient (Wildman–Crippen LogP) is 3.49. The van der Waals surface area contributed by atoms with E-state index in [4.69, 9.17) is 0 Å². The monoisotopic (exact) mass is 380 g/mol. The van der Waals surface area contributed by atoms with E-state index in [1.165, 1.54) is 10.7 Å². The number of nitrogens with zero attached hydrogens (tertiary/aromatic N) is 3. The minimum atomic E-state index is -0.558. The van der Waals surface area contributed by atoms with Crippen molar-refractivity contribution in [3.63, 3.8) is 0 Å². The quantitative estimate of drug-likeness (QED) is 0.525. The van der Waals surface area contributed by atoms with Crippen LogP contribution in [0.25, 0.3) is 10.8 Å². The Morgan fingerprint density at radius 3 is 2.54 bits per heavy atom. The summed E-state index contributed by atoms with van der Waals surface area (Å²) in [4.78, 5) is 25.3. The first-order valence-electron chi connectivity index (χ1n) is 9.12. The summed E-state index contributed by atoms with van der Waals surface area (Å²) in [5, 5.41) is 9.14. The molecule has 0 fully saturated rings. The average Bonchev–Trinajstić information content (AvgIpc) is 2.72. The van der Waals surface area contributed by atoms with Crippen molar-refractivity contribution in [3.05, 3.63) is 76.0 Å². The molecule has 2 aromatic carbocycles. The van der Waals surface area contributed by atoms with Gasteiger partial charge in [-0.2, -0.15) is 10.2 Å². The van der Waals surface area contributed by atoms with Gasteiger partial charge >= 0.3 is 0 Å². The molecule has 6 nitrogen and oxygen atoms in total. The molecule has 28 heavy (non-hydrogen) atoms. The summed E-state index contributed by atoms with van der Waals surface area (Å²) < 4.78 is 15.2.